The maximum Gasteiger partial charge on any atom is 0.133 e. The van der Waals surface area contributed by atoms with Gasteiger partial charge in [0, 0.05) is 24.7 Å². The molecule has 19 heavy (non-hydrogen) atoms. The molecule has 106 valence electrons. The van der Waals surface area contributed by atoms with Crippen molar-refractivity contribution in [3.05, 3.63) is 17.5 Å². The van der Waals surface area contributed by atoms with Gasteiger partial charge in [0.05, 0.1) is 5.69 Å². The highest BCUT2D eigenvalue weighted by molar-refractivity contribution is 5.04. The lowest BCUT2D eigenvalue weighted by atomic mass is 9.81. The largest absolute Gasteiger partial charge is 0.361 e. The summed E-state index contributed by atoms with van der Waals surface area (Å²) in [4.78, 5) is 2.56. The van der Waals surface area contributed by atoms with E-state index in [9.17, 15) is 0 Å². The third-order valence-corrected chi connectivity index (χ3v) is 4.55. The average Bonchev–Trinajstić information content (AvgIpc) is 2.71. The van der Waals surface area contributed by atoms with E-state index in [-0.39, 0.29) is 0 Å². The molecule has 0 radical (unpaired) electrons. The Labute approximate surface area is 115 Å². The van der Waals surface area contributed by atoms with E-state index < -0.39 is 0 Å². The van der Waals surface area contributed by atoms with Crippen LogP contribution in [0, 0.1) is 6.92 Å². The third-order valence-electron chi connectivity index (χ3n) is 4.55. The van der Waals surface area contributed by atoms with E-state index >= 15 is 0 Å². The monoisotopic (exact) mass is 263 g/mol. The maximum atomic E-state index is 5.18. The molecule has 0 amide bonds. The summed E-state index contributed by atoms with van der Waals surface area (Å²) < 4.78 is 5.18. The van der Waals surface area contributed by atoms with Crippen LogP contribution in [0.4, 0.5) is 0 Å². The van der Waals surface area contributed by atoms with Crippen LogP contribution in [0.15, 0.2) is 10.6 Å². The molecular weight excluding hydrogens is 238 g/mol. The molecule has 1 saturated heterocycles. The molecule has 2 fully saturated rings. The zero-order valence-corrected chi connectivity index (χ0v) is 12.0. The van der Waals surface area contributed by atoms with Gasteiger partial charge < -0.3 is 9.84 Å². The molecule has 0 unspecified atom stereocenters. The van der Waals surface area contributed by atoms with Gasteiger partial charge in [0.1, 0.15) is 5.76 Å². The molecule has 1 aliphatic heterocycles. The van der Waals surface area contributed by atoms with E-state index in [1.807, 2.05) is 6.92 Å². The molecule has 1 aliphatic carbocycles. The minimum atomic E-state index is 0.369. The Hall–Kier alpha value is -0.870. The van der Waals surface area contributed by atoms with E-state index in [0.29, 0.717) is 5.54 Å². The van der Waals surface area contributed by atoms with Gasteiger partial charge in [-0.05, 0) is 39.3 Å². The second-order valence-corrected chi connectivity index (χ2v) is 6.26. The molecule has 1 saturated carbocycles. The summed E-state index contributed by atoms with van der Waals surface area (Å²) in [6.45, 7) is 6.39. The first-order chi connectivity index (χ1) is 9.26. The lowest BCUT2D eigenvalue weighted by Gasteiger charge is -2.39. The molecule has 0 bridgehead atoms. The normalized spacial score (nSPS) is 24.5. The van der Waals surface area contributed by atoms with Gasteiger partial charge in [-0.25, -0.2) is 0 Å². The van der Waals surface area contributed by atoms with Gasteiger partial charge in [-0.1, -0.05) is 24.4 Å². The molecule has 0 aromatic carbocycles. The smallest absolute Gasteiger partial charge is 0.133 e. The molecule has 4 heteroatoms. The minimum Gasteiger partial charge on any atom is -0.361 e. The van der Waals surface area contributed by atoms with Crippen LogP contribution in [0.25, 0.3) is 0 Å². The fourth-order valence-corrected chi connectivity index (χ4v) is 3.64. The molecule has 4 nitrogen and oxygen atoms in total. The lowest BCUT2D eigenvalue weighted by Crippen LogP contribution is -2.52. The quantitative estimate of drug-likeness (QED) is 0.890. The van der Waals surface area contributed by atoms with Crippen molar-refractivity contribution in [1.29, 1.82) is 0 Å². The zero-order valence-electron chi connectivity index (χ0n) is 12.0. The van der Waals surface area contributed by atoms with Gasteiger partial charge in [-0.2, -0.15) is 0 Å². The van der Waals surface area contributed by atoms with Gasteiger partial charge in [0.15, 0.2) is 0 Å². The maximum absolute atomic E-state index is 5.18. The van der Waals surface area contributed by atoms with Crippen LogP contribution in [-0.2, 0) is 6.54 Å². The lowest BCUT2D eigenvalue weighted by molar-refractivity contribution is 0.157. The molecule has 1 aromatic rings. The first kappa shape index (κ1) is 13.1. The Morgan fingerprint density at radius 2 is 2.16 bits per heavy atom. The highest BCUT2D eigenvalue weighted by Crippen LogP contribution is 2.30. The van der Waals surface area contributed by atoms with E-state index in [4.69, 9.17) is 4.52 Å². The second-order valence-electron chi connectivity index (χ2n) is 6.26. The zero-order chi connectivity index (χ0) is 13.1. The minimum absolute atomic E-state index is 0.369. The third kappa shape index (κ3) is 3.18. The van der Waals surface area contributed by atoms with Crippen molar-refractivity contribution >= 4 is 0 Å². The summed E-state index contributed by atoms with van der Waals surface area (Å²) >= 11 is 0. The van der Waals surface area contributed by atoms with Gasteiger partial charge in [-0.3, -0.25) is 4.90 Å². The number of nitrogens with one attached hydrogen (secondary N) is 1. The Morgan fingerprint density at radius 1 is 1.32 bits per heavy atom. The fourth-order valence-electron chi connectivity index (χ4n) is 3.64. The van der Waals surface area contributed by atoms with Crippen molar-refractivity contribution in [3.63, 3.8) is 0 Å². The van der Waals surface area contributed by atoms with Gasteiger partial charge in [-0.15, -0.1) is 0 Å². The fraction of sp³-hybridized carbons (Fsp3) is 0.800. The first-order valence-electron chi connectivity index (χ1n) is 7.65. The summed E-state index contributed by atoms with van der Waals surface area (Å²) in [5.41, 5.74) is 1.44. The van der Waals surface area contributed by atoms with Crippen LogP contribution in [-0.4, -0.2) is 35.2 Å². The predicted molar refractivity (Wildman–Crippen MR) is 75.0 cm³/mol. The highest BCUT2D eigenvalue weighted by atomic mass is 16.5. The van der Waals surface area contributed by atoms with Gasteiger partial charge >= 0.3 is 0 Å². The van der Waals surface area contributed by atoms with Crippen molar-refractivity contribution in [2.45, 2.75) is 57.5 Å². The van der Waals surface area contributed by atoms with Gasteiger partial charge in [0.25, 0.3) is 0 Å². The Balaban J connectivity index is 1.67. The molecular formula is C15H25N3O. The van der Waals surface area contributed by atoms with E-state index in [0.717, 1.165) is 24.5 Å². The summed E-state index contributed by atoms with van der Waals surface area (Å²) in [6, 6.07) is 2.06. The van der Waals surface area contributed by atoms with Crippen molar-refractivity contribution in [3.8, 4) is 0 Å². The van der Waals surface area contributed by atoms with E-state index in [2.05, 4.69) is 21.4 Å². The predicted octanol–water partition coefficient (Wildman–Crippen LogP) is 2.48. The van der Waals surface area contributed by atoms with Crippen molar-refractivity contribution in [2.24, 2.45) is 0 Å². The van der Waals surface area contributed by atoms with E-state index in [1.165, 1.54) is 51.6 Å². The molecule has 2 heterocycles. The summed E-state index contributed by atoms with van der Waals surface area (Å²) in [5.74, 6) is 0.912. The van der Waals surface area contributed by atoms with Crippen molar-refractivity contribution < 1.29 is 4.52 Å². The summed E-state index contributed by atoms with van der Waals surface area (Å²) in [7, 11) is 0. The molecule has 3 rings (SSSR count). The Bertz CT molecular complexity index is 409. The number of rotatable bonds is 2. The van der Waals surface area contributed by atoms with Gasteiger partial charge in [0.2, 0.25) is 0 Å². The van der Waals surface area contributed by atoms with Crippen LogP contribution in [0.5, 0.6) is 0 Å². The Morgan fingerprint density at radius 3 is 2.89 bits per heavy atom. The standard InChI is InChI=1S/C15H25N3O/c1-13-10-14(17-19-13)11-18-9-5-8-16-15(12-18)6-3-2-4-7-15/h10,16H,2-9,11-12H2,1H3. The molecule has 1 N–H and O–H groups in total. The topological polar surface area (TPSA) is 41.3 Å². The number of hydrogen-bond acceptors (Lipinski definition) is 4. The van der Waals surface area contributed by atoms with Crippen LogP contribution >= 0.6 is 0 Å². The Kier molecular flexibility index (Phi) is 3.89. The van der Waals surface area contributed by atoms with Crippen molar-refractivity contribution in [1.82, 2.24) is 15.4 Å². The molecule has 0 atom stereocenters. The first-order valence-corrected chi connectivity index (χ1v) is 7.65. The summed E-state index contributed by atoms with van der Waals surface area (Å²) in [6.07, 6.45) is 8.07. The SMILES string of the molecule is Cc1cc(CN2CCCNC3(CCCCC3)C2)no1. The van der Waals surface area contributed by atoms with Crippen LogP contribution in [0.1, 0.15) is 50.0 Å². The second kappa shape index (κ2) is 5.63. The van der Waals surface area contributed by atoms with Crippen LogP contribution < -0.4 is 5.32 Å². The summed E-state index contributed by atoms with van der Waals surface area (Å²) in [5, 5.41) is 7.97. The van der Waals surface area contributed by atoms with E-state index in [1.54, 1.807) is 0 Å². The van der Waals surface area contributed by atoms with Crippen LogP contribution in [0.2, 0.25) is 0 Å². The highest BCUT2D eigenvalue weighted by Gasteiger charge is 2.34. The molecule has 1 spiro atoms. The number of hydrogen-bond donors (Lipinski definition) is 1. The van der Waals surface area contributed by atoms with Crippen LogP contribution in [0.3, 0.4) is 0 Å². The molecule has 2 aliphatic rings. The average molecular weight is 263 g/mol. The molecule has 1 aromatic heterocycles. The number of aryl methyl sites for hydroxylation is 1. The number of aromatic nitrogens is 1. The van der Waals surface area contributed by atoms with Crippen molar-refractivity contribution in [2.75, 3.05) is 19.6 Å². The number of nitrogens with zero attached hydrogens (tertiary/aromatic N) is 2.